The molecule has 1 aromatic rings. The molecule has 0 unspecified atom stereocenters. The molecule has 2 aliphatic rings. The Morgan fingerprint density at radius 2 is 2.00 bits per heavy atom. The van der Waals surface area contributed by atoms with Crippen molar-refractivity contribution in [3.05, 3.63) is 11.9 Å². The monoisotopic (exact) mass is 324 g/mol. The number of thioether (sulfide) groups is 1. The standard InChI is InChI=1S/C16H28N4OS/c1-13(21)10-15-12-20(18-17-15)11-14-2-6-19(7-3-14)16-4-8-22-9-5-16/h12-14,16,21H,2-11H2,1H3/t13-/m0/s1. The summed E-state index contributed by atoms with van der Waals surface area (Å²) < 4.78 is 1.97. The Bertz CT molecular complexity index is 451. The molecule has 1 atom stereocenters. The molecule has 0 radical (unpaired) electrons. The average molecular weight is 324 g/mol. The van der Waals surface area contributed by atoms with Gasteiger partial charge in [-0.3, -0.25) is 4.68 Å². The molecule has 5 nitrogen and oxygen atoms in total. The lowest BCUT2D eigenvalue weighted by Gasteiger charge is -2.39. The molecule has 1 N–H and O–H groups in total. The molecule has 0 aromatic carbocycles. The number of likely N-dealkylation sites (tertiary alicyclic amines) is 1. The van der Waals surface area contributed by atoms with E-state index in [2.05, 4.69) is 27.0 Å². The number of aromatic nitrogens is 3. The van der Waals surface area contributed by atoms with E-state index in [1.165, 1.54) is 50.3 Å². The largest absolute Gasteiger partial charge is 0.393 e. The summed E-state index contributed by atoms with van der Waals surface area (Å²) in [5.41, 5.74) is 0.896. The number of nitrogens with zero attached hydrogens (tertiary/aromatic N) is 4. The van der Waals surface area contributed by atoms with Crippen LogP contribution in [0.5, 0.6) is 0 Å². The molecular formula is C16H28N4OS. The lowest BCUT2D eigenvalue weighted by Crippen LogP contribution is -2.43. The SMILES string of the molecule is C[C@H](O)Cc1cn(CC2CCN(C3CCSCC3)CC2)nn1. The smallest absolute Gasteiger partial charge is 0.0852 e. The Balaban J connectivity index is 1.44. The summed E-state index contributed by atoms with van der Waals surface area (Å²) >= 11 is 2.11. The summed E-state index contributed by atoms with van der Waals surface area (Å²) in [4.78, 5) is 2.72. The zero-order valence-electron chi connectivity index (χ0n) is 13.5. The van der Waals surface area contributed by atoms with Crippen LogP contribution in [-0.4, -0.2) is 61.7 Å². The van der Waals surface area contributed by atoms with Gasteiger partial charge in [0, 0.05) is 25.2 Å². The lowest BCUT2D eigenvalue weighted by molar-refractivity contribution is 0.118. The summed E-state index contributed by atoms with van der Waals surface area (Å²) in [5, 5.41) is 17.8. The van der Waals surface area contributed by atoms with Crippen molar-refractivity contribution in [3.8, 4) is 0 Å². The number of aliphatic hydroxyl groups is 1. The van der Waals surface area contributed by atoms with Crippen LogP contribution in [0.25, 0.3) is 0 Å². The normalized spacial score (nSPS) is 23.7. The van der Waals surface area contributed by atoms with Crippen molar-refractivity contribution in [2.24, 2.45) is 5.92 Å². The summed E-state index contributed by atoms with van der Waals surface area (Å²) in [5.74, 6) is 3.40. The van der Waals surface area contributed by atoms with Crippen LogP contribution in [0.1, 0.15) is 38.3 Å². The third kappa shape index (κ3) is 4.46. The molecule has 0 aliphatic carbocycles. The average Bonchev–Trinajstić information content (AvgIpc) is 2.95. The van der Waals surface area contributed by atoms with Gasteiger partial charge in [-0.25, -0.2) is 0 Å². The van der Waals surface area contributed by atoms with Crippen LogP contribution >= 0.6 is 11.8 Å². The van der Waals surface area contributed by atoms with Crippen molar-refractivity contribution < 1.29 is 5.11 Å². The molecule has 0 amide bonds. The van der Waals surface area contributed by atoms with Gasteiger partial charge >= 0.3 is 0 Å². The maximum absolute atomic E-state index is 9.41. The van der Waals surface area contributed by atoms with Gasteiger partial charge in [-0.15, -0.1) is 5.10 Å². The Hall–Kier alpha value is -0.590. The topological polar surface area (TPSA) is 54.2 Å². The van der Waals surface area contributed by atoms with Gasteiger partial charge in [-0.1, -0.05) is 5.21 Å². The Labute approximate surface area is 137 Å². The highest BCUT2D eigenvalue weighted by Crippen LogP contribution is 2.27. The van der Waals surface area contributed by atoms with E-state index in [4.69, 9.17) is 0 Å². The van der Waals surface area contributed by atoms with Gasteiger partial charge in [0.15, 0.2) is 0 Å². The minimum Gasteiger partial charge on any atom is -0.393 e. The third-order valence-corrected chi connectivity index (χ3v) is 5.94. The highest BCUT2D eigenvalue weighted by molar-refractivity contribution is 7.99. The summed E-state index contributed by atoms with van der Waals surface area (Å²) in [6.07, 6.45) is 7.55. The molecule has 0 saturated carbocycles. The highest BCUT2D eigenvalue weighted by Gasteiger charge is 2.26. The first-order valence-corrected chi connectivity index (χ1v) is 9.75. The number of aliphatic hydroxyl groups excluding tert-OH is 1. The molecule has 124 valence electrons. The van der Waals surface area contributed by atoms with E-state index in [1.54, 1.807) is 6.92 Å². The fourth-order valence-electron chi connectivity index (χ4n) is 3.64. The van der Waals surface area contributed by atoms with Crippen LogP contribution in [0.4, 0.5) is 0 Å². The van der Waals surface area contributed by atoms with Crippen molar-refractivity contribution in [2.75, 3.05) is 24.6 Å². The Kier molecular flexibility index (Phi) is 5.77. The predicted octanol–water partition coefficient (Wildman–Crippen LogP) is 1.81. The van der Waals surface area contributed by atoms with Crippen molar-refractivity contribution in [3.63, 3.8) is 0 Å². The Morgan fingerprint density at radius 1 is 1.27 bits per heavy atom. The number of hydrogen-bond donors (Lipinski definition) is 1. The molecule has 0 spiro atoms. The zero-order chi connectivity index (χ0) is 15.4. The first kappa shape index (κ1) is 16.3. The molecule has 2 fully saturated rings. The Morgan fingerprint density at radius 3 is 2.68 bits per heavy atom. The van der Waals surface area contributed by atoms with Gasteiger partial charge in [-0.05, 0) is 63.1 Å². The molecule has 3 rings (SSSR count). The third-order valence-electron chi connectivity index (χ3n) is 4.89. The van der Waals surface area contributed by atoms with Crippen LogP contribution in [0.3, 0.4) is 0 Å². The second-order valence-corrected chi connectivity index (χ2v) is 8.03. The van der Waals surface area contributed by atoms with Crippen molar-refractivity contribution in [1.29, 1.82) is 0 Å². The highest BCUT2D eigenvalue weighted by atomic mass is 32.2. The molecule has 6 heteroatoms. The molecule has 2 saturated heterocycles. The first-order chi connectivity index (χ1) is 10.7. The fourth-order valence-corrected chi connectivity index (χ4v) is 4.72. The lowest BCUT2D eigenvalue weighted by atomic mass is 9.94. The summed E-state index contributed by atoms with van der Waals surface area (Å²) in [6, 6.07) is 0.839. The second-order valence-electron chi connectivity index (χ2n) is 6.81. The van der Waals surface area contributed by atoms with Crippen molar-refractivity contribution in [1.82, 2.24) is 19.9 Å². The van der Waals surface area contributed by atoms with Gasteiger partial charge in [0.1, 0.15) is 0 Å². The summed E-state index contributed by atoms with van der Waals surface area (Å²) in [7, 11) is 0. The minimum atomic E-state index is -0.345. The molecule has 0 bridgehead atoms. The van der Waals surface area contributed by atoms with E-state index in [9.17, 15) is 5.11 Å². The van der Waals surface area contributed by atoms with Crippen LogP contribution in [0.2, 0.25) is 0 Å². The van der Waals surface area contributed by atoms with Gasteiger partial charge in [0.25, 0.3) is 0 Å². The fraction of sp³-hybridized carbons (Fsp3) is 0.875. The quantitative estimate of drug-likeness (QED) is 0.895. The molecule has 3 heterocycles. The van der Waals surface area contributed by atoms with Gasteiger partial charge in [0.05, 0.1) is 11.8 Å². The maximum atomic E-state index is 9.41. The molecule has 22 heavy (non-hydrogen) atoms. The van der Waals surface area contributed by atoms with Crippen LogP contribution in [0.15, 0.2) is 6.20 Å². The summed E-state index contributed by atoms with van der Waals surface area (Å²) in [6.45, 7) is 5.25. The van der Waals surface area contributed by atoms with Crippen molar-refractivity contribution >= 4 is 11.8 Å². The molecular weight excluding hydrogens is 296 g/mol. The van der Waals surface area contributed by atoms with E-state index in [-0.39, 0.29) is 6.10 Å². The van der Waals surface area contributed by atoms with Gasteiger partial charge in [-0.2, -0.15) is 11.8 Å². The van der Waals surface area contributed by atoms with Gasteiger partial charge in [0.2, 0.25) is 0 Å². The van der Waals surface area contributed by atoms with E-state index in [0.29, 0.717) is 6.42 Å². The zero-order valence-corrected chi connectivity index (χ0v) is 14.3. The number of hydrogen-bond acceptors (Lipinski definition) is 5. The first-order valence-electron chi connectivity index (χ1n) is 8.59. The van der Waals surface area contributed by atoms with Crippen LogP contribution < -0.4 is 0 Å². The van der Waals surface area contributed by atoms with Crippen LogP contribution in [-0.2, 0) is 13.0 Å². The number of piperidine rings is 1. The maximum Gasteiger partial charge on any atom is 0.0852 e. The number of rotatable bonds is 5. The van der Waals surface area contributed by atoms with Gasteiger partial charge < -0.3 is 10.0 Å². The molecule has 1 aromatic heterocycles. The van der Waals surface area contributed by atoms with Crippen molar-refractivity contribution in [2.45, 2.75) is 57.7 Å². The van der Waals surface area contributed by atoms with E-state index in [0.717, 1.165) is 24.2 Å². The predicted molar refractivity (Wildman–Crippen MR) is 90.1 cm³/mol. The van der Waals surface area contributed by atoms with E-state index in [1.807, 2.05) is 10.9 Å². The minimum absolute atomic E-state index is 0.345. The van der Waals surface area contributed by atoms with E-state index < -0.39 is 0 Å². The van der Waals surface area contributed by atoms with Crippen LogP contribution in [0, 0.1) is 5.92 Å². The van der Waals surface area contributed by atoms with E-state index >= 15 is 0 Å². The second kappa shape index (κ2) is 7.79. The molecule has 2 aliphatic heterocycles.